The minimum absolute atomic E-state index is 0.0235. The van der Waals surface area contributed by atoms with Gasteiger partial charge in [-0.2, -0.15) is 0 Å². The number of nitro groups is 1. The highest BCUT2D eigenvalue weighted by molar-refractivity contribution is 6.50. The van der Waals surface area contributed by atoms with E-state index >= 15 is 0 Å². The van der Waals surface area contributed by atoms with Crippen LogP contribution < -0.4 is 5.32 Å². The average molecular weight is 455 g/mol. The smallest absolute Gasteiger partial charge is 0.277 e. The summed E-state index contributed by atoms with van der Waals surface area (Å²) >= 11 is 0. The molecular weight excluding hydrogens is 434 g/mol. The Morgan fingerprint density at radius 2 is 1.79 bits per heavy atom. The van der Waals surface area contributed by atoms with Gasteiger partial charge in [0.2, 0.25) is 0 Å². The van der Waals surface area contributed by atoms with Crippen molar-refractivity contribution < 1.29 is 14.5 Å². The number of hydrogen-bond donors (Lipinski definition) is 1. The third-order valence-electron chi connectivity index (χ3n) is 5.98. The molecular formula is C25H21N5O4. The Labute approximate surface area is 194 Å². The van der Waals surface area contributed by atoms with Crippen LogP contribution in [0.25, 0.3) is 22.0 Å². The zero-order valence-corrected chi connectivity index (χ0v) is 18.4. The van der Waals surface area contributed by atoms with Crippen LogP contribution in [0.3, 0.4) is 0 Å². The van der Waals surface area contributed by atoms with Crippen molar-refractivity contribution in [2.75, 3.05) is 0 Å². The van der Waals surface area contributed by atoms with Crippen molar-refractivity contribution in [2.24, 2.45) is 0 Å². The molecule has 5 rings (SSSR count). The largest absolute Gasteiger partial charge is 0.347 e. The Hall–Kier alpha value is -4.53. The van der Waals surface area contributed by atoms with Gasteiger partial charge in [0.15, 0.2) is 0 Å². The van der Waals surface area contributed by atoms with Crippen molar-refractivity contribution in [3.63, 3.8) is 0 Å². The highest BCUT2D eigenvalue weighted by Gasteiger charge is 2.36. The number of imidazole rings is 1. The first-order valence-electron chi connectivity index (χ1n) is 10.8. The molecule has 2 amide bonds. The fraction of sp³-hybridized carbons (Fsp3) is 0.160. The van der Waals surface area contributed by atoms with Crippen LogP contribution in [0.15, 0.2) is 67.4 Å². The highest BCUT2D eigenvalue weighted by Crippen LogP contribution is 2.39. The van der Waals surface area contributed by atoms with Crippen molar-refractivity contribution in [3.8, 4) is 0 Å². The number of nitrogens with one attached hydrogen (secondary N) is 1. The van der Waals surface area contributed by atoms with Gasteiger partial charge in [0.05, 0.1) is 28.0 Å². The third-order valence-corrected chi connectivity index (χ3v) is 5.98. The lowest BCUT2D eigenvalue weighted by atomic mass is 9.95. The molecule has 9 heteroatoms. The summed E-state index contributed by atoms with van der Waals surface area (Å²) in [4.78, 5) is 40.9. The molecule has 0 unspecified atom stereocenters. The van der Waals surface area contributed by atoms with Gasteiger partial charge in [-0.05, 0) is 31.0 Å². The quantitative estimate of drug-likeness (QED) is 0.259. The van der Waals surface area contributed by atoms with E-state index in [0.29, 0.717) is 12.1 Å². The van der Waals surface area contributed by atoms with E-state index in [9.17, 15) is 19.7 Å². The summed E-state index contributed by atoms with van der Waals surface area (Å²) in [6.45, 7) is 3.46. The number of amides is 2. The lowest BCUT2D eigenvalue weighted by Crippen LogP contribution is -2.22. The summed E-state index contributed by atoms with van der Waals surface area (Å²) in [6, 6.07) is 11.9. The predicted octanol–water partition coefficient (Wildman–Crippen LogP) is 3.71. The first-order valence-corrected chi connectivity index (χ1v) is 10.8. The minimum Gasteiger partial charge on any atom is -0.347 e. The fourth-order valence-electron chi connectivity index (χ4n) is 4.44. The van der Waals surface area contributed by atoms with Gasteiger partial charge in [-0.3, -0.25) is 25.0 Å². The number of carbonyl (C=O) groups is 2. The normalized spacial score (nSPS) is 13.7. The van der Waals surface area contributed by atoms with E-state index in [1.807, 2.05) is 42.1 Å². The first-order chi connectivity index (χ1) is 16.4. The molecule has 2 aromatic heterocycles. The summed E-state index contributed by atoms with van der Waals surface area (Å²) in [5, 5.41) is 14.8. The number of para-hydroxylation sites is 1. The standard InChI is InChI=1S/C25H21N5O4/c1-16-7-8-17-19(14-29(21(17)13-16)11-4-10-28-12-9-26-15-28)23-22(24(31)27-25(23)32)18-5-2-3-6-20(18)30(33)34/h2-3,5-9,12-15H,4,10-11H2,1H3,(H,27,31,32). The summed E-state index contributed by atoms with van der Waals surface area (Å²) in [5.41, 5.74) is 2.65. The fourth-order valence-corrected chi connectivity index (χ4v) is 4.44. The number of rotatable bonds is 7. The zero-order chi connectivity index (χ0) is 23.8. The maximum absolute atomic E-state index is 13.0. The molecule has 1 N–H and O–H groups in total. The topological polar surface area (TPSA) is 112 Å². The third kappa shape index (κ3) is 3.66. The maximum atomic E-state index is 13.0. The van der Waals surface area contributed by atoms with E-state index in [4.69, 9.17) is 0 Å². The van der Waals surface area contributed by atoms with Crippen LogP contribution in [-0.2, 0) is 22.7 Å². The number of nitro benzene ring substituents is 1. The van der Waals surface area contributed by atoms with Gasteiger partial charge in [-0.15, -0.1) is 0 Å². The molecule has 0 saturated heterocycles. The Morgan fingerprint density at radius 3 is 2.53 bits per heavy atom. The zero-order valence-electron chi connectivity index (χ0n) is 18.4. The van der Waals surface area contributed by atoms with E-state index in [1.165, 1.54) is 18.2 Å². The number of benzene rings is 2. The summed E-state index contributed by atoms with van der Waals surface area (Å²) in [7, 11) is 0. The predicted molar refractivity (Wildman–Crippen MR) is 127 cm³/mol. The highest BCUT2D eigenvalue weighted by atomic mass is 16.6. The molecule has 34 heavy (non-hydrogen) atoms. The van der Waals surface area contributed by atoms with Gasteiger partial charge in [0, 0.05) is 54.2 Å². The molecule has 0 radical (unpaired) electrons. The second-order valence-electron chi connectivity index (χ2n) is 8.22. The Bertz CT molecular complexity index is 1480. The maximum Gasteiger partial charge on any atom is 0.277 e. The van der Waals surface area contributed by atoms with Crippen LogP contribution in [0.4, 0.5) is 5.69 Å². The molecule has 3 heterocycles. The molecule has 170 valence electrons. The molecule has 0 spiro atoms. The monoisotopic (exact) mass is 455 g/mol. The number of hydrogen-bond acceptors (Lipinski definition) is 5. The van der Waals surface area contributed by atoms with Gasteiger partial charge in [-0.25, -0.2) is 4.98 Å². The van der Waals surface area contributed by atoms with Crippen molar-refractivity contribution in [1.29, 1.82) is 0 Å². The van der Waals surface area contributed by atoms with Crippen molar-refractivity contribution in [2.45, 2.75) is 26.4 Å². The number of aryl methyl sites for hydroxylation is 3. The van der Waals surface area contributed by atoms with Crippen LogP contribution in [0, 0.1) is 17.0 Å². The number of imide groups is 1. The van der Waals surface area contributed by atoms with Crippen molar-refractivity contribution in [3.05, 3.63) is 94.2 Å². The van der Waals surface area contributed by atoms with Gasteiger partial charge >= 0.3 is 0 Å². The van der Waals surface area contributed by atoms with E-state index in [2.05, 4.69) is 14.9 Å². The molecule has 1 aliphatic heterocycles. The molecule has 9 nitrogen and oxygen atoms in total. The van der Waals surface area contributed by atoms with Gasteiger partial charge < -0.3 is 9.13 Å². The number of fused-ring (bicyclic) bond motifs is 1. The Kier molecular flexibility index (Phi) is 5.29. The Balaban J connectivity index is 1.66. The summed E-state index contributed by atoms with van der Waals surface area (Å²) < 4.78 is 4.06. The molecule has 2 aromatic carbocycles. The first kappa shape index (κ1) is 21.3. The van der Waals surface area contributed by atoms with Crippen LogP contribution in [-0.4, -0.2) is 30.9 Å². The number of aromatic nitrogens is 3. The minimum atomic E-state index is -0.637. The molecule has 0 fully saturated rings. The van der Waals surface area contributed by atoms with Gasteiger partial charge in [0.1, 0.15) is 0 Å². The molecule has 1 aliphatic rings. The lowest BCUT2D eigenvalue weighted by molar-refractivity contribution is -0.385. The molecule has 0 aliphatic carbocycles. The molecule has 0 saturated carbocycles. The van der Waals surface area contributed by atoms with Crippen LogP contribution in [0.5, 0.6) is 0 Å². The Morgan fingerprint density at radius 1 is 1.03 bits per heavy atom. The van der Waals surface area contributed by atoms with Crippen molar-refractivity contribution >= 4 is 39.6 Å². The average Bonchev–Trinajstić information content (AvgIpc) is 3.52. The van der Waals surface area contributed by atoms with Crippen molar-refractivity contribution in [1.82, 2.24) is 19.4 Å². The van der Waals surface area contributed by atoms with E-state index in [0.717, 1.165) is 29.4 Å². The lowest BCUT2D eigenvalue weighted by Gasteiger charge is -2.06. The SMILES string of the molecule is Cc1ccc2c(C3=C(c4ccccc4[N+](=O)[O-])C(=O)NC3=O)cn(CCCn3ccnc3)c2c1. The molecule has 0 bridgehead atoms. The molecule has 4 aromatic rings. The summed E-state index contributed by atoms with van der Waals surface area (Å²) in [5.74, 6) is -1.20. The summed E-state index contributed by atoms with van der Waals surface area (Å²) in [6.07, 6.45) is 8.09. The van der Waals surface area contributed by atoms with E-state index < -0.39 is 16.7 Å². The van der Waals surface area contributed by atoms with Gasteiger partial charge in [0.25, 0.3) is 17.5 Å². The van der Waals surface area contributed by atoms with Crippen LogP contribution in [0.2, 0.25) is 0 Å². The van der Waals surface area contributed by atoms with Crippen LogP contribution >= 0.6 is 0 Å². The second-order valence-corrected chi connectivity index (χ2v) is 8.22. The number of nitrogens with zero attached hydrogens (tertiary/aromatic N) is 4. The van der Waals surface area contributed by atoms with Crippen LogP contribution in [0.1, 0.15) is 23.1 Å². The van der Waals surface area contributed by atoms with E-state index in [-0.39, 0.29) is 22.4 Å². The second kappa shape index (κ2) is 8.43. The van der Waals surface area contributed by atoms with E-state index in [1.54, 1.807) is 18.6 Å². The van der Waals surface area contributed by atoms with Gasteiger partial charge in [-0.1, -0.05) is 24.3 Å². The number of carbonyl (C=O) groups excluding carboxylic acids is 2. The molecule has 0 atom stereocenters.